The number of aliphatic hydroxyl groups is 1. The van der Waals surface area contributed by atoms with Crippen molar-refractivity contribution < 1.29 is 10.2 Å². The van der Waals surface area contributed by atoms with Crippen LogP contribution in [0, 0.1) is 5.41 Å². The van der Waals surface area contributed by atoms with Crippen LogP contribution in [0.4, 0.5) is 0 Å². The van der Waals surface area contributed by atoms with Gasteiger partial charge in [0.1, 0.15) is 5.75 Å². The van der Waals surface area contributed by atoms with E-state index in [-0.39, 0.29) is 11.5 Å². The third kappa shape index (κ3) is 4.96. The molecule has 3 nitrogen and oxygen atoms in total. The van der Waals surface area contributed by atoms with Crippen LogP contribution in [0.25, 0.3) is 0 Å². The normalized spacial score (nSPS) is 13.6. The van der Waals surface area contributed by atoms with Crippen molar-refractivity contribution in [1.29, 1.82) is 0 Å². The SMILES string of the molecule is CC(O)CC(C)(C)CNCc1cccc(Br)c1O. The quantitative estimate of drug-likeness (QED) is 0.756. The number of benzene rings is 1. The monoisotopic (exact) mass is 315 g/mol. The molecule has 0 saturated carbocycles. The number of phenolic OH excluding ortho intramolecular Hbond substituents is 1. The fourth-order valence-corrected chi connectivity index (χ4v) is 2.52. The molecule has 1 aromatic carbocycles. The van der Waals surface area contributed by atoms with Crippen LogP contribution in [0.3, 0.4) is 0 Å². The minimum absolute atomic E-state index is 0.0375. The van der Waals surface area contributed by atoms with E-state index in [4.69, 9.17) is 0 Å². The molecule has 1 atom stereocenters. The number of nitrogens with one attached hydrogen (secondary N) is 1. The van der Waals surface area contributed by atoms with E-state index in [1.165, 1.54) is 0 Å². The van der Waals surface area contributed by atoms with Crippen LogP contribution in [0.15, 0.2) is 22.7 Å². The van der Waals surface area contributed by atoms with Gasteiger partial charge in [0.15, 0.2) is 0 Å². The van der Waals surface area contributed by atoms with E-state index in [0.29, 0.717) is 16.8 Å². The Bertz CT molecular complexity index is 391. The first-order valence-electron chi connectivity index (χ1n) is 6.17. The van der Waals surface area contributed by atoms with E-state index >= 15 is 0 Å². The second kappa shape index (κ2) is 6.55. The van der Waals surface area contributed by atoms with E-state index in [1.807, 2.05) is 25.1 Å². The van der Waals surface area contributed by atoms with Gasteiger partial charge in [0, 0.05) is 18.7 Å². The fraction of sp³-hybridized carbons (Fsp3) is 0.571. The summed E-state index contributed by atoms with van der Waals surface area (Å²) in [7, 11) is 0. The lowest BCUT2D eigenvalue weighted by Crippen LogP contribution is -2.31. The van der Waals surface area contributed by atoms with Gasteiger partial charge in [0.2, 0.25) is 0 Å². The summed E-state index contributed by atoms with van der Waals surface area (Å²) >= 11 is 3.30. The highest BCUT2D eigenvalue weighted by atomic mass is 79.9. The first-order chi connectivity index (χ1) is 8.32. The zero-order chi connectivity index (χ0) is 13.8. The molecule has 0 amide bonds. The fourth-order valence-electron chi connectivity index (χ4n) is 2.11. The highest BCUT2D eigenvalue weighted by Crippen LogP contribution is 2.27. The molecule has 0 aliphatic rings. The summed E-state index contributed by atoms with van der Waals surface area (Å²) < 4.78 is 0.713. The topological polar surface area (TPSA) is 52.5 Å². The lowest BCUT2D eigenvalue weighted by atomic mass is 9.87. The Balaban J connectivity index is 2.49. The second-order valence-corrected chi connectivity index (χ2v) is 6.42. The van der Waals surface area contributed by atoms with Crippen molar-refractivity contribution in [3.05, 3.63) is 28.2 Å². The average molecular weight is 316 g/mol. The van der Waals surface area contributed by atoms with Crippen molar-refractivity contribution in [3.63, 3.8) is 0 Å². The van der Waals surface area contributed by atoms with Crippen molar-refractivity contribution in [1.82, 2.24) is 5.32 Å². The molecule has 1 aromatic rings. The van der Waals surface area contributed by atoms with E-state index < -0.39 is 0 Å². The van der Waals surface area contributed by atoms with E-state index in [0.717, 1.165) is 18.5 Å². The lowest BCUT2D eigenvalue weighted by molar-refractivity contribution is 0.128. The molecule has 18 heavy (non-hydrogen) atoms. The van der Waals surface area contributed by atoms with Crippen LogP contribution in [-0.2, 0) is 6.54 Å². The first kappa shape index (κ1) is 15.5. The van der Waals surface area contributed by atoms with E-state index in [1.54, 1.807) is 0 Å². The number of aliphatic hydroxyl groups excluding tert-OH is 1. The molecule has 0 aliphatic carbocycles. The largest absolute Gasteiger partial charge is 0.506 e. The van der Waals surface area contributed by atoms with Crippen molar-refractivity contribution in [2.45, 2.75) is 39.8 Å². The van der Waals surface area contributed by atoms with Gasteiger partial charge in [-0.3, -0.25) is 0 Å². The number of para-hydroxylation sites is 1. The highest BCUT2D eigenvalue weighted by molar-refractivity contribution is 9.10. The standard InChI is InChI=1S/C14H22BrNO2/c1-10(17)7-14(2,3)9-16-8-11-5-4-6-12(15)13(11)18/h4-6,10,16-18H,7-9H2,1-3H3. The van der Waals surface area contributed by atoms with Crippen molar-refractivity contribution in [2.75, 3.05) is 6.54 Å². The molecule has 0 aromatic heterocycles. The van der Waals surface area contributed by atoms with Crippen molar-refractivity contribution in [3.8, 4) is 5.75 Å². The zero-order valence-corrected chi connectivity index (χ0v) is 12.8. The third-order valence-corrected chi connectivity index (χ3v) is 3.48. The summed E-state index contributed by atoms with van der Waals surface area (Å²) in [6.07, 6.45) is 0.464. The predicted molar refractivity (Wildman–Crippen MR) is 77.6 cm³/mol. The molecule has 0 aliphatic heterocycles. The molecular weight excluding hydrogens is 294 g/mol. The summed E-state index contributed by atoms with van der Waals surface area (Å²) in [4.78, 5) is 0. The molecule has 102 valence electrons. The van der Waals surface area contributed by atoms with Crippen molar-refractivity contribution in [2.24, 2.45) is 5.41 Å². The maximum atomic E-state index is 9.85. The number of aromatic hydroxyl groups is 1. The van der Waals surface area contributed by atoms with E-state index in [9.17, 15) is 10.2 Å². The maximum Gasteiger partial charge on any atom is 0.134 e. The van der Waals surface area contributed by atoms with Gasteiger partial charge in [-0.05, 0) is 40.8 Å². The van der Waals surface area contributed by atoms with Crippen LogP contribution in [0.1, 0.15) is 32.8 Å². The van der Waals surface area contributed by atoms with Crippen LogP contribution >= 0.6 is 15.9 Å². The van der Waals surface area contributed by atoms with Gasteiger partial charge in [0.25, 0.3) is 0 Å². The third-order valence-electron chi connectivity index (χ3n) is 2.84. The van der Waals surface area contributed by atoms with Gasteiger partial charge < -0.3 is 15.5 Å². The van der Waals surface area contributed by atoms with Gasteiger partial charge in [-0.2, -0.15) is 0 Å². The first-order valence-corrected chi connectivity index (χ1v) is 6.96. The molecule has 3 N–H and O–H groups in total. The Hall–Kier alpha value is -0.580. The molecule has 0 radical (unpaired) electrons. The lowest BCUT2D eigenvalue weighted by Gasteiger charge is -2.26. The maximum absolute atomic E-state index is 9.85. The highest BCUT2D eigenvalue weighted by Gasteiger charge is 2.19. The number of rotatable bonds is 6. The molecule has 0 fully saturated rings. The smallest absolute Gasteiger partial charge is 0.134 e. The molecule has 0 bridgehead atoms. The number of hydrogen-bond donors (Lipinski definition) is 3. The number of phenols is 1. The molecule has 0 saturated heterocycles. The zero-order valence-electron chi connectivity index (χ0n) is 11.2. The summed E-state index contributed by atoms with van der Waals surface area (Å²) in [5, 5.41) is 22.6. The number of halogens is 1. The van der Waals surface area contributed by atoms with Crippen LogP contribution in [-0.4, -0.2) is 22.9 Å². The van der Waals surface area contributed by atoms with Crippen LogP contribution in [0.5, 0.6) is 5.75 Å². The Morgan fingerprint density at radius 1 is 1.39 bits per heavy atom. The van der Waals surface area contributed by atoms with Gasteiger partial charge in [0.05, 0.1) is 10.6 Å². The number of hydrogen-bond acceptors (Lipinski definition) is 3. The Morgan fingerprint density at radius 3 is 2.67 bits per heavy atom. The second-order valence-electron chi connectivity index (χ2n) is 5.57. The molecule has 1 unspecified atom stereocenters. The van der Waals surface area contributed by atoms with Gasteiger partial charge in [-0.1, -0.05) is 26.0 Å². The predicted octanol–water partition coefficient (Wildman–Crippen LogP) is 3.04. The molecular formula is C14H22BrNO2. The van der Waals surface area contributed by atoms with Crippen LogP contribution < -0.4 is 5.32 Å². The van der Waals surface area contributed by atoms with Crippen molar-refractivity contribution >= 4 is 15.9 Å². The summed E-state index contributed by atoms with van der Waals surface area (Å²) in [5.41, 5.74) is 0.910. The summed E-state index contributed by atoms with van der Waals surface area (Å²) in [6, 6.07) is 5.62. The summed E-state index contributed by atoms with van der Waals surface area (Å²) in [6.45, 7) is 7.46. The minimum Gasteiger partial charge on any atom is -0.506 e. The molecule has 0 heterocycles. The van der Waals surface area contributed by atoms with Gasteiger partial charge in [-0.15, -0.1) is 0 Å². The minimum atomic E-state index is -0.291. The Labute approximate surface area is 117 Å². The average Bonchev–Trinajstić information content (AvgIpc) is 2.22. The Kier molecular flexibility index (Phi) is 5.63. The molecule has 1 rings (SSSR count). The molecule has 4 heteroatoms. The van der Waals surface area contributed by atoms with Crippen LogP contribution in [0.2, 0.25) is 0 Å². The van der Waals surface area contributed by atoms with Gasteiger partial charge in [-0.25, -0.2) is 0 Å². The Morgan fingerprint density at radius 2 is 2.06 bits per heavy atom. The van der Waals surface area contributed by atoms with E-state index in [2.05, 4.69) is 35.1 Å². The summed E-state index contributed by atoms with van der Waals surface area (Å²) in [5.74, 6) is 0.290. The molecule has 0 spiro atoms. The van der Waals surface area contributed by atoms with Gasteiger partial charge >= 0.3 is 0 Å².